The zero-order valence-electron chi connectivity index (χ0n) is 13.9. The zero-order chi connectivity index (χ0) is 18.8. The maximum atomic E-state index is 12.8. The van der Waals surface area contributed by atoms with E-state index in [4.69, 9.17) is 0 Å². The predicted molar refractivity (Wildman–Crippen MR) is 86.1 cm³/mol. The van der Waals surface area contributed by atoms with E-state index in [0.717, 1.165) is 28.8 Å². The maximum Gasteiger partial charge on any atom is 0.416 e. The topological polar surface area (TPSA) is 66.5 Å². The molecule has 0 spiro atoms. The van der Waals surface area contributed by atoms with E-state index in [2.05, 4.69) is 5.32 Å². The molecule has 136 valence electrons. The van der Waals surface area contributed by atoms with Gasteiger partial charge in [-0.1, -0.05) is 6.07 Å². The van der Waals surface area contributed by atoms with E-state index in [1.807, 2.05) is 0 Å². The number of amides is 1. The van der Waals surface area contributed by atoms with Crippen molar-refractivity contribution in [2.75, 3.05) is 17.1 Å². The van der Waals surface area contributed by atoms with Crippen LogP contribution in [0.15, 0.2) is 24.3 Å². The maximum absolute atomic E-state index is 12.8. The van der Waals surface area contributed by atoms with Crippen LogP contribution in [0, 0.1) is 0 Å². The smallest absolute Gasteiger partial charge is 0.351 e. The lowest BCUT2D eigenvalue weighted by atomic mass is 10.1. The van der Waals surface area contributed by atoms with Gasteiger partial charge >= 0.3 is 6.18 Å². The number of carbonyl (C=O) groups excluding carboxylic acids is 1. The number of nitrogens with zero attached hydrogens (tertiary/aromatic N) is 1. The lowest BCUT2D eigenvalue weighted by molar-refractivity contribution is -0.137. The average molecular weight is 366 g/mol. The van der Waals surface area contributed by atoms with Crippen molar-refractivity contribution in [2.45, 2.75) is 38.9 Å². The molecule has 1 rings (SSSR count). The molecular weight excluding hydrogens is 345 g/mol. The normalized spacial score (nSPS) is 12.8. The number of rotatable bonds is 5. The predicted octanol–water partition coefficient (Wildman–Crippen LogP) is 2.78. The lowest BCUT2D eigenvalue weighted by Crippen LogP contribution is -2.42. The highest BCUT2D eigenvalue weighted by molar-refractivity contribution is 7.92. The van der Waals surface area contributed by atoms with E-state index in [0.29, 0.717) is 0 Å². The molecule has 0 fully saturated rings. The molecule has 0 unspecified atom stereocenters. The van der Waals surface area contributed by atoms with Crippen LogP contribution in [0.2, 0.25) is 0 Å². The summed E-state index contributed by atoms with van der Waals surface area (Å²) in [5.41, 5.74) is -1.56. The summed E-state index contributed by atoms with van der Waals surface area (Å²) in [6, 6.07) is 4.00. The summed E-state index contributed by atoms with van der Waals surface area (Å²) in [6.07, 6.45) is -3.86. The first kappa shape index (κ1) is 20.3. The Balaban J connectivity index is 3.02. The molecule has 1 aromatic rings. The molecule has 1 aromatic carbocycles. The Kier molecular flexibility index (Phi) is 5.91. The van der Waals surface area contributed by atoms with E-state index < -0.39 is 27.3 Å². The fraction of sp³-hybridized carbons (Fsp3) is 0.533. The third-order valence-electron chi connectivity index (χ3n) is 2.92. The van der Waals surface area contributed by atoms with Gasteiger partial charge in [0.05, 0.1) is 17.5 Å². The molecule has 24 heavy (non-hydrogen) atoms. The number of nitrogens with one attached hydrogen (secondary N) is 1. The first-order valence-electron chi connectivity index (χ1n) is 7.16. The van der Waals surface area contributed by atoms with Crippen LogP contribution < -0.4 is 9.62 Å². The van der Waals surface area contributed by atoms with Crippen molar-refractivity contribution in [1.29, 1.82) is 0 Å². The standard InChI is InChI=1S/C15H21F3N2O3S/c1-14(2,3)19-13(21)8-9-20(24(4,22)23)12-7-5-6-11(10-12)15(16,17)18/h5-7,10H,8-9H2,1-4H3,(H,19,21). The Bertz CT molecular complexity index is 695. The molecule has 9 heteroatoms. The lowest BCUT2D eigenvalue weighted by Gasteiger charge is -2.25. The van der Waals surface area contributed by atoms with Crippen molar-refractivity contribution in [1.82, 2.24) is 5.32 Å². The summed E-state index contributed by atoms with van der Waals surface area (Å²) < 4.78 is 63.0. The van der Waals surface area contributed by atoms with Crippen LogP contribution in [-0.4, -0.2) is 32.7 Å². The quantitative estimate of drug-likeness (QED) is 0.871. The molecule has 0 aliphatic carbocycles. The molecule has 0 saturated heterocycles. The first-order valence-corrected chi connectivity index (χ1v) is 9.01. The van der Waals surface area contributed by atoms with Gasteiger partial charge in [0, 0.05) is 18.5 Å². The summed E-state index contributed by atoms with van der Waals surface area (Å²) in [5, 5.41) is 2.67. The first-order chi connectivity index (χ1) is 10.7. The van der Waals surface area contributed by atoms with E-state index in [9.17, 15) is 26.4 Å². The molecule has 5 nitrogen and oxygen atoms in total. The van der Waals surface area contributed by atoms with Crippen molar-refractivity contribution in [3.8, 4) is 0 Å². The molecule has 1 N–H and O–H groups in total. The molecule has 0 bridgehead atoms. The van der Waals surface area contributed by atoms with E-state index >= 15 is 0 Å². The van der Waals surface area contributed by atoms with E-state index in [1.165, 1.54) is 6.07 Å². The monoisotopic (exact) mass is 366 g/mol. The van der Waals surface area contributed by atoms with Gasteiger partial charge in [0.25, 0.3) is 0 Å². The van der Waals surface area contributed by atoms with Gasteiger partial charge < -0.3 is 5.32 Å². The van der Waals surface area contributed by atoms with Gasteiger partial charge in [-0.3, -0.25) is 9.10 Å². The largest absolute Gasteiger partial charge is 0.416 e. The minimum absolute atomic E-state index is 0.129. The Morgan fingerprint density at radius 1 is 1.21 bits per heavy atom. The van der Waals surface area contributed by atoms with Gasteiger partial charge in [-0.25, -0.2) is 8.42 Å². The molecule has 0 aliphatic rings. The number of alkyl halides is 3. The number of hydrogen-bond acceptors (Lipinski definition) is 3. The van der Waals surface area contributed by atoms with Crippen molar-refractivity contribution in [3.05, 3.63) is 29.8 Å². The van der Waals surface area contributed by atoms with Crippen molar-refractivity contribution in [3.63, 3.8) is 0 Å². The molecule has 0 saturated carbocycles. The highest BCUT2D eigenvalue weighted by Crippen LogP contribution is 2.32. The second kappa shape index (κ2) is 7.00. The van der Waals surface area contributed by atoms with Crippen LogP contribution in [0.3, 0.4) is 0 Å². The molecule has 0 radical (unpaired) electrons. The highest BCUT2D eigenvalue weighted by Gasteiger charge is 2.31. The van der Waals surface area contributed by atoms with Crippen LogP contribution in [-0.2, 0) is 21.0 Å². The Hall–Kier alpha value is -1.77. The van der Waals surface area contributed by atoms with Crippen LogP contribution >= 0.6 is 0 Å². The Labute approximate surface area is 139 Å². The number of anilines is 1. The van der Waals surface area contributed by atoms with Crippen molar-refractivity contribution < 1.29 is 26.4 Å². The molecular formula is C15H21F3N2O3S. The molecule has 1 amide bonds. The van der Waals surface area contributed by atoms with Crippen LogP contribution in [0.4, 0.5) is 18.9 Å². The van der Waals surface area contributed by atoms with Crippen LogP contribution in [0.1, 0.15) is 32.8 Å². The summed E-state index contributed by atoms with van der Waals surface area (Å²) in [7, 11) is -3.83. The third kappa shape index (κ3) is 6.38. The minimum atomic E-state index is -4.58. The van der Waals surface area contributed by atoms with Gasteiger partial charge in [-0.05, 0) is 39.0 Å². The number of hydrogen-bond donors (Lipinski definition) is 1. The second-order valence-electron chi connectivity index (χ2n) is 6.43. The van der Waals surface area contributed by atoms with Crippen LogP contribution in [0.25, 0.3) is 0 Å². The average Bonchev–Trinajstić information content (AvgIpc) is 2.34. The number of carbonyl (C=O) groups is 1. The highest BCUT2D eigenvalue weighted by atomic mass is 32.2. The Morgan fingerprint density at radius 2 is 1.79 bits per heavy atom. The van der Waals surface area contributed by atoms with Crippen LogP contribution in [0.5, 0.6) is 0 Å². The number of halogens is 3. The number of sulfonamides is 1. The molecule has 0 aliphatic heterocycles. The van der Waals surface area contributed by atoms with Gasteiger partial charge in [0.1, 0.15) is 0 Å². The summed E-state index contributed by atoms with van der Waals surface area (Å²) in [6.45, 7) is 5.06. The minimum Gasteiger partial charge on any atom is -0.351 e. The molecule has 0 aromatic heterocycles. The fourth-order valence-electron chi connectivity index (χ4n) is 2.01. The van der Waals surface area contributed by atoms with Gasteiger partial charge in [0.2, 0.25) is 15.9 Å². The zero-order valence-corrected chi connectivity index (χ0v) is 14.8. The van der Waals surface area contributed by atoms with E-state index in [-0.39, 0.29) is 24.6 Å². The third-order valence-corrected chi connectivity index (χ3v) is 4.11. The summed E-state index contributed by atoms with van der Waals surface area (Å²) >= 11 is 0. The Morgan fingerprint density at radius 3 is 2.25 bits per heavy atom. The SMILES string of the molecule is CC(C)(C)NC(=O)CCN(c1cccc(C(F)(F)F)c1)S(C)(=O)=O. The number of benzene rings is 1. The fourth-order valence-corrected chi connectivity index (χ4v) is 2.93. The summed E-state index contributed by atoms with van der Waals surface area (Å²) in [4.78, 5) is 11.8. The van der Waals surface area contributed by atoms with Gasteiger partial charge in [0.15, 0.2) is 0 Å². The van der Waals surface area contributed by atoms with E-state index in [1.54, 1.807) is 20.8 Å². The molecule has 0 atom stereocenters. The molecule has 0 heterocycles. The van der Waals surface area contributed by atoms with Gasteiger partial charge in [-0.15, -0.1) is 0 Å². The van der Waals surface area contributed by atoms with Crippen molar-refractivity contribution >= 4 is 21.6 Å². The van der Waals surface area contributed by atoms with Crippen molar-refractivity contribution in [2.24, 2.45) is 0 Å². The second-order valence-corrected chi connectivity index (χ2v) is 8.34. The summed E-state index contributed by atoms with van der Waals surface area (Å²) in [5.74, 6) is -0.386. The van der Waals surface area contributed by atoms with Gasteiger partial charge in [-0.2, -0.15) is 13.2 Å².